The van der Waals surface area contributed by atoms with Gasteiger partial charge in [0, 0.05) is 23.2 Å². The Balaban J connectivity index is 1.41. The van der Waals surface area contributed by atoms with E-state index in [1.54, 1.807) is 31.3 Å². The molecular weight excluding hydrogens is 412 g/mol. The zero-order chi connectivity index (χ0) is 20.2. The van der Waals surface area contributed by atoms with Crippen molar-refractivity contribution in [1.29, 1.82) is 0 Å². The van der Waals surface area contributed by atoms with Gasteiger partial charge in [-0.1, -0.05) is 17.7 Å². The highest BCUT2D eigenvalue weighted by Crippen LogP contribution is 2.35. The molecule has 3 heterocycles. The minimum absolute atomic E-state index is 0.110. The van der Waals surface area contributed by atoms with Crippen LogP contribution >= 0.6 is 11.6 Å². The Morgan fingerprint density at radius 3 is 2.97 bits per heavy atom. The van der Waals surface area contributed by atoms with Gasteiger partial charge in [-0.2, -0.15) is 0 Å². The first-order valence-corrected chi connectivity index (χ1v) is 11.2. The highest BCUT2D eigenvalue weighted by Gasteiger charge is 2.33. The second-order valence-electron chi connectivity index (χ2n) is 7.41. The van der Waals surface area contributed by atoms with Crippen LogP contribution in [0.15, 0.2) is 41.6 Å². The molecule has 0 aliphatic heterocycles. The molecule has 4 aromatic rings. The molecule has 10 heteroatoms. The number of benzene rings is 1. The average Bonchev–Trinajstić information content (AvgIpc) is 3.40. The molecule has 3 aromatic heterocycles. The van der Waals surface area contributed by atoms with Crippen LogP contribution in [-0.2, 0) is 10.0 Å². The molecule has 29 heavy (non-hydrogen) atoms. The predicted molar refractivity (Wildman–Crippen MR) is 110 cm³/mol. The van der Waals surface area contributed by atoms with Gasteiger partial charge in [0.15, 0.2) is 11.3 Å². The molecule has 0 radical (unpaired) electrons. The molecule has 1 aliphatic rings. The summed E-state index contributed by atoms with van der Waals surface area (Å²) < 4.78 is 30.6. The summed E-state index contributed by atoms with van der Waals surface area (Å²) in [6.07, 6.45) is 5.75. The molecule has 5 rings (SSSR count). The zero-order valence-corrected chi connectivity index (χ0v) is 17.2. The number of sulfonamides is 1. The number of nitrogens with zero attached hydrogens (tertiary/aromatic N) is 4. The van der Waals surface area contributed by atoms with E-state index < -0.39 is 10.0 Å². The number of halogens is 1. The standard InChI is InChI=1S/C19H19ClN6O2S/c1-11-14(20)3-2-4-16(11)29(27,28)25-13-6-5-12(9-13)19-24-23-17-10-22-18-15(26(17)19)7-8-21-18/h2-4,7-8,10,12-13,21,25H,5-6,9H2,1H3/t12-,13+/m1/s1. The number of hydrogen-bond donors (Lipinski definition) is 2. The summed E-state index contributed by atoms with van der Waals surface area (Å²) in [5, 5.41) is 9.07. The summed E-state index contributed by atoms with van der Waals surface area (Å²) in [6.45, 7) is 1.72. The number of rotatable bonds is 4. The Morgan fingerprint density at radius 1 is 1.24 bits per heavy atom. The molecular formula is C19H19ClN6O2S. The lowest BCUT2D eigenvalue weighted by Crippen LogP contribution is -2.33. The van der Waals surface area contributed by atoms with Gasteiger partial charge < -0.3 is 4.98 Å². The third kappa shape index (κ3) is 3.09. The van der Waals surface area contributed by atoms with Crippen molar-refractivity contribution >= 4 is 38.4 Å². The first-order chi connectivity index (χ1) is 13.9. The smallest absolute Gasteiger partial charge is 0.241 e. The fourth-order valence-electron chi connectivity index (χ4n) is 4.15. The molecule has 1 saturated carbocycles. The van der Waals surface area contributed by atoms with Crippen molar-refractivity contribution in [2.24, 2.45) is 0 Å². The van der Waals surface area contributed by atoms with Gasteiger partial charge >= 0.3 is 0 Å². The van der Waals surface area contributed by atoms with Crippen LogP contribution in [0, 0.1) is 6.92 Å². The minimum Gasteiger partial charge on any atom is -0.345 e. The number of fused-ring (bicyclic) bond motifs is 3. The van der Waals surface area contributed by atoms with E-state index in [9.17, 15) is 8.42 Å². The summed E-state index contributed by atoms with van der Waals surface area (Å²) in [6, 6.07) is 6.70. The van der Waals surface area contributed by atoms with E-state index in [1.807, 2.05) is 16.7 Å². The summed E-state index contributed by atoms with van der Waals surface area (Å²) in [7, 11) is -3.65. The summed E-state index contributed by atoms with van der Waals surface area (Å²) >= 11 is 6.10. The van der Waals surface area contributed by atoms with Gasteiger partial charge in [0.2, 0.25) is 10.0 Å². The molecule has 150 valence electrons. The lowest BCUT2D eigenvalue weighted by molar-refractivity contribution is 0.546. The van der Waals surface area contributed by atoms with E-state index in [4.69, 9.17) is 11.6 Å². The molecule has 8 nitrogen and oxygen atoms in total. The van der Waals surface area contributed by atoms with Crippen LogP contribution in [0.5, 0.6) is 0 Å². The minimum atomic E-state index is -3.65. The maximum Gasteiger partial charge on any atom is 0.241 e. The molecule has 1 fully saturated rings. The van der Waals surface area contributed by atoms with Crippen molar-refractivity contribution in [2.75, 3.05) is 0 Å². The SMILES string of the molecule is Cc1c(Cl)cccc1S(=O)(=O)N[C@H]1CC[C@@H](c2nnc3cnc4[nH]ccc4n23)C1. The Hall–Kier alpha value is -2.49. The second kappa shape index (κ2) is 6.79. The number of aromatic amines is 1. The average molecular weight is 431 g/mol. The largest absolute Gasteiger partial charge is 0.345 e. The molecule has 1 aliphatic carbocycles. The van der Waals surface area contributed by atoms with Gasteiger partial charge in [-0.05, 0) is 49.9 Å². The molecule has 0 spiro atoms. The second-order valence-corrected chi connectivity index (χ2v) is 9.50. The first-order valence-electron chi connectivity index (χ1n) is 9.38. The highest BCUT2D eigenvalue weighted by atomic mass is 35.5. The van der Waals surface area contributed by atoms with Gasteiger partial charge in [-0.15, -0.1) is 10.2 Å². The van der Waals surface area contributed by atoms with Gasteiger partial charge in [-0.25, -0.2) is 18.1 Å². The van der Waals surface area contributed by atoms with Crippen molar-refractivity contribution in [3.63, 3.8) is 0 Å². The lowest BCUT2D eigenvalue weighted by Gasteiger charge is -2.15. The molecule has 2 atom stereocenters. The number of nitrogens with one attached hydrogen (secondary N) is 2. The van der Waals surface area contributed by atoms with E-state index in [0.29, 0.717) is 22.7 Å². The number of aromatic nitrogens is 5. The Labute approximate surface area is 172 Å². The van der Waals surface area contributed by atoms with Crippen molar-refractivity contribution in [3.8, 4) is 0 Å². The Kier molecular flexibility index (Phi) is 4.34. The van der Waals surface area contributed by atoms with E-state index in [0.717, 1.165) is 29.8 Å². The van der Waals surface area contributed by atoms with Gasteiger partial charge in [0.1, 0.15) is 5.82 Å². The molecule has 2 N–H and O–H groups in total. The number of hydrogen-bond acceptors (Lipinski definition) is 5. The predicted octanol–water partition coefficient (Wildman–Crippen LogP) is 3.18. The molecule has 0 amide bonds. The molecule has 1 aromatic carbocycles. The third-order valence-electron chi connectivity index (χ3n) is 5.59. The van der Waals surface area contributed by atoms with Gasteiger partial charge in [0.25, 0.3) is 0 Å². The third-order valence-corrected chi connectivity index (χ3v) is 7.67. The lowest BCUT2D eigenvalue weighted by atomic mass is 10.1. The Morgan fingerprint density at radius 2 is 2.10 bits per heavy atom. The Bertz CT molecular complexity index is 1330. The molecule has 0 unspecified atom stereocenters. The fraction of sp³-hybridized carbons (Fsp3) is 0.316. The van der Waals surface area contributed by atoms with Crippen molar-refractivity contribution in [2.45, 2.75) is 43.0 Å². The van der Waals surface area contributed by atoms with Crippen LogP contribution in [0.4, 0.5) is 0 Å². The number of H-pyrrole nitrogens is 1. The highest BCUT2D eigenvalue weighted by molar-refractivity contribution is 7.89. The maximum atomic E-state index is 12.9. The maximum absolute atomic E-state index is 12.9. The normalized spacial score (nSPS) is 20.1. The van der Waals surface area contributed by atoms with Gasteiger partial charge in [-0.3, -0.25) is 4.40 Å². The van der Waals surface area contributed by atoms with Gasteiger partial charge in [0.05, 0.1) is 16.6 Å². The summed E-state index contributed by atoms with van der Waals surface area (Å²) in [5.74, 6) is 0.950. The van der Waals surface area contributed by atoms with Crippen LogP contribution < -0.4 is 4.72 Å². The van der Waals surface area contributed by atoms with Crippen LogP contribution in [0.1, 0.15) is 36.6 Å². The van der Waals surface area contributed by atoms with E-state index >= 15 is 0 Å². The molecule has 0 bridgehead atoms. The summed E-state index contributed by atoms with van der Waals surface area (Å²) in [5.41, 5.74) is 2.93. The zero-order valence-electron chi connectivity index (χ0n) is 15.6. The van der Waals surface area contributed by atoms with Crippen molar-refractivity contribution in [1.82, 2.24) is 29.3 Å². The first kappa shape index (κ1) is 18.5. The summed E-state index contributed by atoms with van der Waals surface area (Å²) in [4.78, 5) is 7.66. The van der Waals surface area contributed by atoms with E-state index in [2.05, 4.69) is 24.9 Å². The van der Waals surface area contributed by atoms with Crippen molar-refractivity contribution in [3.05, 3.63) is 53.1 Å². The van der Waals surface area contributed by atoms with E-state index in [-0.39, 0.29) is 16.9 Å². The van der Waals surface area contributed by atoms with E-state index in [1.165, 1.54) is 0 Å². The fourth-order valence-corrected chi connectivity index (χ4v) is 5.93. The monoisotopic (exact) mass is 430 g/mol. The van der Waals surface area contributed by atoms with Crippen molar-refractivity contribution < 1.29 is 8.42 Å². The topological polar surface area (TPSA) is 105 Å². The van der Waals surface area contributed by atoms with Crippen LogP contribution in [0.25, 0.3) is 16.8 Å². The van der Waals surface area contributed by atoms with Crippen LogP contribution in [0.3, 0.4) is 0 Å². The molecule has 0 saturated heterocycles. The van der Waals surface area contributed by atoms with Crippen LogP contribution in [0.2, 0.25) is 5.02 Å². The van der Waals surface area contributed by atoms with Crippen LogP contribution in [-0.4, -0.2) is 39.0 Å². The quantitative estimate of drug-likeness (QED) is 0.517.